The van der Waals surface area contributed by atoms with Crippen LogP contribution < -0.4 is 9.47 Å². The lowest BCUT2D eigenvalue weighted by Gasteiger charge is -2.46. The van der Waals surface area contributed by atoms with Gasteiger partial charge in [-0.05, 0) is 48.4 Å². The van der Waals surface area contributed by atoms with Crippen LogP contribution in [0.4, 0.5) is 0 Å². The summed E-state index contributed by atoms with van der Waals surface area (Å²) in [5, 5.41) is 9.25. The fraction of sp³-hybridized carbons (Fsp3) is 0.579. The zero-order valence-corrected chi connectivity index (χ0v) is 14.9. The Hall–Kier alpha value is -2.24. The smallest absolute Gasteiger partial charge is 0.303 e. The Morgan fingerprint density at radius 3 is 2.56 bits per heavy atom. The Morgan fingerprint density at radius 1 is 1.28 bits per heavy atom. The number of aliphatic carboxylic acids is 1. The molecular formula is C19H25NO5. The number of rotatable bonds is 5. The molecule has 0 spiro atoms. The van der Waals surface area contributed by atoms with Gasteiger partial charge in [-0.25, -0.2) is 0 Å². The number of fused-ring (bicyclic) bond motifs is 3. The molecule has 1 aromatic carbocycles. The maximum atomic E-state index is 12.9. The molecule has 1 saturated heterocycles. The van der Waals surface area contributed by atoms with Crippen molar-refractivity contribution < 1.29 is 24.2 Å². The molecule has 2 heterocycles. The standard InChI is InChI=1S/C19H25NO5/c1-4-13-12(9-18(21)22)7-15-14-10-17(25-3)16(24-2)8-11(14)5-6-20(15)19(13)23/h8,10,12-13,15H,4-7,9H2,1-3H3,(H,21,22)/t12-,13+,15-/m1/s1. The van der Waals surface area contributed by atoms with E-state index in [1.165, 1.54) is 0 Å². The van der Waals surface area contributed by atoms with Crippen molar-refractivity contribution in [1.82, 2.24) is 4.90 Å². The highest BCUT2D eigenvalue weighted by Crippen LogP contribution is 2.46. The Morgan fingerprint density at radius 2 is 1.96 bits per heavy atom. The second-order valence-corrected chi connectivity index (χ2v) is 6.81. The Balaban J connectivity index is 2.00. The number of carboxylic acids is 1. The predicted molar refractivity (Wildman–Crippen MR) is 91.8 cm³/mol. The summed E-state index contributed by atoms with van der Waals surface area (Å²) >= 11 is 0. The van der Waals surface area contributed by atoms with Gasteiger partial charge in [-0.1, -0.05) is 6.92 Å². The van der Waals surface area contributed by atoms with Gasteiger partial charge in [0.25, 0.3) is 0 Å². The average Bonchev–Trinajstić information content (AvgIpc) is 2.60. The summed E-state index contributed by atoms with van der Waals surface area (Å²) < 4.78 is 10.8. The first-order valence-electron chi connectivity index (χ1n) is 8.77. The summed E-state index contributed by atoms with van der Waals surface area (Å²) in [6.07, 6.45) is 2.17. The highest BCUT2D eigenvalue weighted by Gasteiger charge is 2.44. The van der Waals surface area contributed by atoms with Crippen LogP contribution in [0.15, 0.2) is 12.1 Å². The topological polar surface area (TPSA) is 76.1 Å². The molecule has 0 aromatic heterocycles. The van der Waals surface area contributed by atoms with Crippen LogP contribution in [-0.4, -0.2) is 42.6 Å². The van der Waals surface area contributed by atoms with Crippen LogP contribution in [0, 0.1) is 11.8 Å². The van der Waals surface area contributed by atoms with Crippen LogP contribution in [-0.2, 0) is 16.0 Å². The molecular weight excluding hydrogens is 322 g/mol. The van der Waals surface area contributed by atoms with Gasteiger partial charge in [0.1, 0.15) is 0 Å². The fourth-order valence-corrected chi connectivity index (χ4v) is 4.37. The molecule has 3 atom stereocenters. The van der Waals surface area contributed by atoms with Gasteiger partial charge in [-0.3, -0.25) is 9.59 Å². The zero-order chi connectivity index (χ0) is 18.1. The average molecular weight is 347 g/mol. The third kappa shape index (κ3) is 3.05. The van der Waals surface area contributed by atoms with E-state index in [-0.39, 0.29) is 30.2 Å². The molecule has 1 aromatic rings. The van der Waals surface area contributed by atoms with Crippen molar-refractivity contribution in [1.29, 1.82) is 0 Å². The number of nitrogens with zero attached hydrogens (tertiary/aromatic N) is 1. The van der Waals surface area contributed by atoms with Gasteiger partial charge in [0.05, 0.1) is 20.3 Å². The molecule has 1 fully saturated rings. The molecule has 1 amide bonds. The van der Waals surface area contributed by atoms with Crippen molar-refractivity contribution in [3.63, 3.8) is 0 Å². The van der Waals surface area contributed by atoms with Gasteiger partial charge in [0, 0.05) is 18.9 Å². The van der Waals surface area contributed by atoms with Crippen molar-refractivity contribution in [2.45, 2.75) is 38.6 Å². The van der Waals surface area contributed by atoms with Crippen molar-refractivity contribution in [3.05, 3.63) is 23.3 Å². The molecule has 1 N–H and O–H groups in total. The fourth-order valence-electron chi connectivity index (χ4n) is 4.37. The van der Waals surface area contributed by atoms with Gasteiger partial charge in [-0.15, -0.1) is 0 Å². The lowest BCUT2D eigenvalue weighted by atomic mass is 9.74. The van der Waals surface area contributed by atoms with Crippen LogP contribution in [0.25, 0.3) is 0 Å². The van der Waals surface area contributed by atoms with Crippen molar-refractivity contribution in [3.8, 4) is 11.5 Å². The second kappa shape index (κ2) is 6.94. The van der Waals surface area contributed by atoms with Gasteiger partial charge in [0.15, 0.2) is 11.5 Å². The number of carboxylic acid groups (broad SMARTS) is 1. The van der Waals surface area contributed by atoms with Crippen LogP contribution in [0.3, 0.4) is 0 Å². The number of amides is 1. The Bertz CT molecular complexity index is 687. The Kier molecular flexibility index (Phi) is 4.88. The molecule has 0 bridgehead atoms. The van der Waals surface area contributed by atoms with Crippen molar-refractivity contribution in [2.24, 2.45) is 11.8 Å². The molecule has 0 unspecified atom stereocenters. The highest BCUT2D eigenvalue weighted by atomic mass is 16.5. The third-order valence-electron chi connectivity index (χ3n) is 5.57. The molecule has 6 heteroatoms. The quantitative estimate of drug-likeness (QED) is 0.886. The van der Waals surface area contributed by atoms with Crippen LogP contribution in [0.2, 0.25) is 0 Å². The lowest BCUT2D eigenvalue weighted by Crippen LogP contribution is -2.50. The number of benzene rings is 1. The second-order valence-electron chi connectivity index (χ2n) is 6.81. The summed E-state index contributed by atoms with van der Waals surface area (Å²) in [5.41, 5.74) is 2.21. The monoisotopic (exact) mass is 347 g/mol. The van der Waals surface area contributed by atoms with E-state index in [4.69, 9.17) is 9.47 Å². The lowest BCUT2D eigenvalue weighted by molar-refractivity contribution is -0.149. The zero-order valence-electron chi connectivity index (χ0n) is 14.9. The van der Waals surface area contributed by atoms with E-state index in [0.29, 0.717) is 30.9 Å². The molecule has 0 radical (unpaired) electrons. The van der Waals surface area contributed by atoms with Crippen LogP contribution >= 0.6 is 0 Å². The van der Waals surface area contributed by atoms with Crippen molar-refractivity contribution in [2.75, 3.05) is 20.8 Å². The van der Waals surface area contributed by atoms with Crippen molar-refractivity contribution >= 4 is 11.9 Å². The molecule has 6 nitrogen and oxygen atoms in total. The number of ether oxygens (including phenoxy) is 2. The Labute approximate surface area is 147 Å². The molecule has 0 saturated carbocycles. The van der Waals surface area contributed by atoms with Gasteiger partial charge < -0.3 is 19.5 Å². The largest absolute Gasteiger partial charge is 0.493 e. The van der Waals surface area contributed by atoms with E-state index in [2.05, 4.69) is 0 Å². The molecule has 0 aliphatic carbocycles. The number of piperidine rings is 1. The summed E-state index contributed by atoms with van der Waals surface area (Å²) in [6, 6.07) is 3.85. The SMILES string of the molecule is CC[C@@H]1C(=O)N2CCc3cc(OC)c(OC)cc3[C@H]2C[C@@H]1CC(=O)O. The summed E-state index contributed by atoms with van der Waals surface area (Å²) in [6.45, 7) is 2.63. The molecule has 3 rings (SSSR count). The van der Waals surface area contributed by atoms with E-state index in [1.54, 1.807) is 14.2 Å². The predicted octanol–water partition coefficient (Wildman–Crippen LogP) is 2.65. The van der Waals surface area contributed by atoms with Gasteiger partial charge in [0.2, 0.25) is 5.91 Å². The van der Waals surface area contributed by atoms with E-state index >= 15 is 0 Å². The first-order chi connectivity index (χ1) is 12.0. The normalized spacial score (nSPS) is 25.2. The van der Waals surface area contributed by atoms with Gasteiger partial charge >= 0.3 is 5.97 Å². The van der Waals surface area contributed by atoms with E-state index in [0.717, 1.165) is 17.5 Å². The number of carbonyl (C=O) groups excluding carboxylic acids is 1. The van der Waals surface area contributed by atoms with E-state index in [9.17, 15) is 14.7 Å². The first kappa shape index (κ1) is 17.6. The minimum absolute atomic E-state index is 0.0389. The molecule has 136 valence electrons. The molecule has 25 heavy (non-hydrogen) atoms. The van der Waals surface area contributed by atoms with Gasteiger partial charge in [-0.2, -0.15) is 0 Å². The van der Waals surface area contributed by atoms with E-state index < -0.39 is 5.97 Å². The first-order valence-corrected chi connectivity index (χ1v) is 8.77. The summed E-state index contributed by atoms with van der Waals surface area (Å²) in [4.78, 5) is 26.1. The number of methoxy groups -OCH3 is 2. The minimum atomic E-state index is -0.840. The maximum absolute atomic E-state index is 12.9. The third-order valence-corrected chi connectivity index (χ3v) is 5.57. The molecule has 2 aliphatic rings. The number of hydrogen-bond donors (Lipinski definition) is 1. The maximum Gasteiger partial charge on any atom is 0.303 e. The minimum Gasteiger partial charge on any atom is -0.493 e. The summed E-state index contributed by atoms with van der Waals surface area (Å²) in [7, 11) is 3.20. The number of carbonyl (C=O) groups is 2. The molecule has 2 aliphatic heterocycles. The van der Waals surface area contributed by atoms with E-state index in [1.807, 2.05) is 24.0 Å². The summed E-state index contributed by atoms with van der Waals surface area (Å²) in [5.74, 6) is 0.246. The highest BCUT2D eigenvalue weighted by molar-refractivity contribution is 5.82. The van der Waals surface area contributed by atoms with Crippen LogP contribution in [0.5, 0.6) is 11.5 Å². The number of hydrogen-bond acceptors (Lipinski definition) is 4. The van der Waals surface area contributed by atoms with Crippen LogP contribution in [0.1, 0.15) is 43.4 Å².